The summed E-state index contributed by atoms with van der Waals surface area (Å²) in [4.78, 5) is 34.6. The van der Waals surface area contributed by atoms with Crippen molar-refractivity contribution in [1.82, 2.24) is 20.2 Å². The van der Waals surface area contributed by atoms with Crippen LogP contribution in [0.2, 0.25) is 0 Å². The topological polar surface area (TPSA) is 99.0 Å². The summed E-state index contributed by atoms with van der Waals surface area (Å²) < 4.78 is 27.2. The summed E-state index contributed by atoms with van der Waals surface area (Å²) in [6.07, 6.45) is 6.34. The molecule has 0 unspecified atom stereocenters. The Hall–Kier alpha value is -4.19. The summed E-state index contributed by atoms with van der Waals surface area (Å²) in [6, 6.07) is 11.4. The fourth-order valence-corrected chi connectivity index (χ4v) is 3.78. The second kappa shape index (κ2) is 9.35. The first-order chi connectivity index (χ1) is 16.3. The van der Waals surface area contributed by atoms with E-state index >= 15 is 0 Å². The van der Waals surface area contributed by atoms with Crippen LogP contribution in [0.5, 0.6) is 0 Å². The molecule has 0 radical (unpaired) electrons. The van der Waals surface area contributed by atoms with E-state index in [9.17, 15) is 18.4 Å². The van der Waals surface area contributed by atoms with Gasteiger partial charge in [0.2, 0.25) is 5.91 Å². The Bertz CT molecular complexity index is 1320. The fourth-order valence-electron chi connectivity index (χ4n) is 3.78. The molecule has 7 nitrogen and oxygen atoms in total. The lowest BCUT2D eigenvalue weighted by Crippen LogP contribution is -2.43. The third-order valence-corrected chi connectivity index (χ3v) is 5.55. The van der Waals surface area contributed by atoms with Crippen LogP contribution >= 0.6 is 0 Å². The number of carbonyl (C=O) groups excluding carboxylic acids is 2. The van der Waals surface area contributed by atoms with Gasteiger partial charge in [-0.25, -0.2) is 8.78 Å². The Morgan fingerprint density at radius 1 is 1.21 bits per heavy atom. The van der Waals surface area contributed by atoms with E-state index in [-0.39, 0.29) is 0 Å². The number of nitrogens with one attached hydrogen (secondary N) is 1. The molecule has 172 valence electrons. The number of likely N-dealkylation sites (tertiary alicyclic amines) is 1. The van der Waals surface area contributed by atoms with Crippen LogP contribution in [0.25, 0.3) is 23.1 Å². The van der Waals surface area contributed by atoms with E-state index < -0.39 is 43.3 Å². The summed E-state index contributed by atoms with van der Waals surface area (Å²) >= 11 is 0. The Morgan fingerprint density at radius 2 is 1.97 bits per heavy atom. The number of nitriles is 1. The highest BCUT2D eigenvalue weighted by atomic mass is 19.3. The number of rotatable bonds is 5. The van der Waals surface area contributed by atoms with Crippen LogP contribution in [0.3, 0.4) is 0 Å². The number of aromatic nitrogens is 2. The van der Waals surface area contributed by atoms with Gasteiger partial charge in [-0.2, -0.15) is 5.26 Å². The maximum atomic E-state index is 13.6. The normalized spacial score (nSPS) is 17.1. The van der Waals surface area contributed by atoms with Crippen LogP contribution < -0.4 is 5.32 Å². The van der Waals surface area contributed by atoms with Gasteiger partial charge < -0.3 is 10.2 Å². The van der Waals surface area contributed by atoms with Crippen LogP contribution in [-0.4, -0.2) is 51.7 Å². The number of benzene rings is 1. The van der Waals surface area contributed by atoms with E-state index in [1.54, 1.807) is 18.3 Å². The zero-order valence-corrected chi connectivity index (χ0v) is 18.3. The molecule has 1 atom stereocenters. The molecule has 1 aliphatic heterocycles. The Labute approximate surface area is 194 Å². The Kier molecular flexibility index (Phi) is 6.32. The third kappa shape index (κ3) is 5.07. The Balaban J connectivity index is 1.50. The summed E-state index contributed by atoms with van der Waals surface area (Å²) in [5.74, 6) is -4.38. The van der Waals surface area contributed by atoms with Gasteiger partial charge in [0.25, 0.3) is 11.8 Å². The number of amides is 2. The number of hydrogen-bond acceptors (Lipinski definition) is 5. The lowest BCUT2D eigenvalue weighted by atomic mass is 10.0. The predicted octanol–water partition coefficient (Wildman–Crippen LogP) is 3.60. The maximum Gasteiger partial charge on any atom is 0.268 e. The number of alkyl halides is 2. The molecule has 1 N–H and O–H groups in total. The summed E-state index contributed by atoms with van der Waals surface area (Å²) in [6.45, 7) is 0.591. The molecular formula is C25H21F2N5O2. The average molecular weight is 461 g/mol. The first-order valence-electron chi connectivity index (χ1n) is 10.6. The van der Waals surface area contributed by atoms with Gasteiger partial charge in [-0.15, -0.1) is 0 Å². The molecule has 0 saturated carbocycles. The lowest BCUT2D eigenvalue weighted by molar-refractivity contribution is -0.131. The van der Waals surface area contributed by atoms with Gasteiger partial charge in [-0.3, -0.25) is 19.6 Å². The molecule has 0 spiro atoms. The number of fused-ring (bicyclic) bond motifs is 1. The van der Waals surface area contributed by atoms with Crippen LogP contribution in [0.15, 0.2) is 48.8 Å². The highest BCUT2D eigenvalue weighted by Crippen LogP contribution is 2.31. The minimum absolute atomic E-state index is 0.300. The summed E-state index contributed by atoms with van der Waals surface area (Å²) in [5.41, 5.74) is 3.58. The van der Waals surface area contributed by atoms with Gasteiger partial charge in [0.05, 0.1) is 30.2 Å². The van der Waals surface area contributed by atoms with Crippen LogP contribution in [0.4, 0.5) is 8.78 Å². The van der Waals surface area contributed by atoms with Crippen molar-refractivity contribution >= 4 is 34.9 Å². The molecule has 2 aromatic heterocycles. The molecule has 34 heavy (non-hydrogen) atoms. The zero-order chi connectivity index (χ0) is 24.3. The van der Waals surface area contributed by atoms with Gasteiger partial charge in [-0.05, 0) is 42.3 Å². The van der Waals surface area contributed by atoms with Gasteiger partial charge in [-0.1, -0.05) is 24.3 Å². The highest BCUT2D eigenvalue weighted by Gasteiger charge is 2.47. The van der Waals surface area contributed by atoms with Crippen LogP contribution in [-0.2, 0) is 4.79 Å². The number of carbonyl (C=O) groups is 2. The van der Waals surface area contributed by atoms with Crippen LogP contribution in [0, 0.1) is 18.3 Å². The number of halogens is 2. The highest BCUT2D eigenvalue weighted by molar-refractivity contribution is 6.07. The number of pyridine rings is 2. The van der Waals surface area contributed by atoms with Gasteiger partial charge in [0.15, 0.2) is 0 Å². The van der Waals surface area contributed by atoms with Crippen LogP contribution in [0.1, 0.15) is 33.6 Å². The van der Waals surface area contributed by atoms with E-state index in [1.165, 1.54) is 12.3 Å². The molecule has 9 heteroatoms. The molecular weight excluding hydrogens is 440 g/mol. The molecule has 1 fully saturated rings. The van der Waals surface area contributed by atoms with Crippen molar-refractivity contribution in [3.63, 3.8) is 0 Å². The van der Waals surface area contributed by atoms with Gasteiger partial charge in [0.1, 0.15) is 6.04 Å². The molecule has 0 aliphatic carbocycles. The molecule has 3 aromatic rings. The first-order valence-corrected chi connectivity index (χ1v) is 10.6. The van der Waals surface area contributed by atoms with Gasteiger partial charge >= 0.3 is 0 Å². The quantitative estimate of drug-likeness (QED) is 0.626. The molecule has 1 saturated heterocycles. The lowest BCUT2D eigenvalue weighted by Gasteiger charge is -2.19. The Morgan fingerprint density at radius 3 is 2.71 bits per heavy atom. The summed E-state index contributed by atoms with van der Waals surface area (Å²) in [7, 11) is 0. The molecule has 1 aliphatic rings. The first kappa shape index (κ1) is 23.0. The zero-order valence-electron chi connectivity index (χ0n) is 18.3. The summed E-state index contributed by atoms with van der Waals surface area (Å²) in [5, 5.41) is 12.1. The molecule has 1 aromatic carbocycles. The average Bonchev–Trinajstić information content (AvgIpc) is 3.16. The monoisotopic (exact) mass is 461 g/mol. The second-order valence-electron chi connectivity index (χ2n) is 8.11. The van der Waals surface area contributed by atoms with E-state index in [2.05, 4.69) is 15.3 Å². The maximum absolute atomic E-state index is 13.6. The van der Waals surface area contributed by atoms with E-state index in [0.717, 1.165) is 21.7 Å². The van der Waals surface area contributed by atoms with E-state index in [0.29, 0.717) is 16.5 Å². The van der Waals surface area contributed by atoms with Crippen molar-refractivity contribution in [2.24, 2.45) is 0 Å². The van der Waals surface area contributed by atoms with Crippen molar-refractivity contribution in [3.8, 4) is 6.07 Å². The number of nitrogens with zero attached hydrogens (tertiary/aromatic N) is 4. The van der Waals surface area contributed by atoms with Crippen molar-refractivity contribution in [3.05, 3.63) is 71.2 Å². The minimum atomic E-state index is -3.11. The molecule has 4 rings (SSSR count). The number of aryl methyl sites for hydroxylation is 1. The van der Waals surface area contributed by atoms with E-state index in [1.807, 2.05) is 43.3 Å². The second-order valence-corrected chi connectivity index (χ2v) is 8.11. The van der Waals surface area contributed by atoms with Crippen molar-refractivity contribution in [2.75, 3.05) is 13.1 Å². The third-order valence-electron chi connectivity index (χ3n) is 5.55. The standard InChI is InChI=1S/C25H21F2N5O2/c1-16-2-3-18(13-30-16)5-4-17-6-7-22-21(10-17)20(8-9-29-22)24(34)31-14-23(33)32-15-25(26,27)11-19(32)12-28/h2-10,13,19H,11,14-15H2,1H3,(H,31,34)/b5-4+/t19-/m0/s1. The molecule has 3 heterocycles. The van der Waals surface area contributed by atoms with Crippen molar-refractivity contribution < 1.29 is 18.4 Å². The SMILES string of the molecule is Cc1ccc(/C=C/c2ccc3nccc(C(=O)NCC(=O)N4CC(F)(F)C[C@H]4C#N)c3c2)cn1. The molecule has 2 amide bonds. The number of hydrogen-bond donors (Lipinski definition) is 1. The largest absolute Gasteiger partial charge is 0.343 e. The fraction of sp³-hybridized carbons (Fsp3) is 0.240. The van der Waals surface area contributed by atoms with Crippen molar-refractivity contribution in [2.45, 2.75) is 25.3 Å². The smallest absolute Gasteiger partial charge is 0.268 e. The van der Waals surface area contributed by atoms with Crippen molar-refractivity contribution in [1.29, 1.82) is 5.26 Å². The van der Waals surface area contributed by atoms with Gasteiger partial charge in [0, 0.05) is 29.9 Å². The van der Waals surface area contributed by atoms with E-state index in [4.69, 9.17) is 5.26 Å². The molecule has 0 bridgehead atoms. The minimum Gasteiger partial charge on any atom is -0.343 e. The predicted molar refractivity (Wildman–Crippen MR) is 123 cm³/mol.